The third kappa shape index (κ3) is 4.94. The van der Waals surface area contributed by atoms with Gasteiger partial charge in [-0.1, -0.05) is 6.07 Å². The number of esters is 2. The predicted octanol–water partition coefficient (Wildman–Crippen LogP) is 2.35. The quantitative estimate of drug-likeness (QED) is 0.456. The van der Waals surface area contributed by atoms with Crippen molar-refractivity contribution in [3.63, 3.8) is 0 Å². The summed E-state index contributed by atoms with van der Waals surface area (Å²) in [4.78, 5) is 38.4. The van der Waals surface area contributed by atoms with E-state index in [-0.39, 0.29) is 32.1 Å². The van der Waals surface area contributed by atoms with Gasteiger partial charge in [0, 0.05) is 13.3 Å². The van der Waals surface area contributed by atoms with Crippen LogP contribution in [-0.4, -0.2) is 48.4 Å². The zero-order chi connectivity index (χ0) is 21.4. The van der Waals surface area contributed by atoms with E-state index in [0.29, 0.717) is 11.3 Å². The molecule has 1 amide bonds. The summed E-state index contributed by atoms with van der Waals surface area (Å²) in [6.07, 6.45) is -0.309. The van der Waals surface area contributed by atoms with Crippen molar-refractivity contribution in [2.75, 3.05) is 19.8 Å². The fourth-order valence-electron chi connectivity index (χ4n) is 2.75. The monoisotopic (exact) mass is 424 g/mol. The van der Waals surface area contributed by atoms with Crippen LogP contribution in [0.4, 0.5) is 0 Å². The lowest BCUT2D eigenvalue weighted by atomic mass is 9.90. The molecule has 0 aromatic carbocycles. The van der Waals surface area contributed by atoms with Gasteiger partial charge >= 0.3 is 11.9 Å². The number of rotatable bonds is 10. The van der Waals surface area contributed by atoms with Gasteiger partial charge in [0.15, 0.2) is 5.76 Å². The van der Waals surface area contributed by atoms with Crippen molar-refractivity contribution in [2.45, 2.75) is 39.7 Å². The summed E-state index contributed by atoms with van der Waals surface area (Å²) in [6.45, 7) is 6.48. The Balaban J connectivity index is 2.63. The molecule has 2 aromatic heterocycles. The Labute approximate surface area is 172 Å². The van der Waals surface area contributed by atoms with Gasteiger partial charge in [0.1, 0.15) is 0 Å². The Bertz CT molecular complexity index is 827. The van der Waals surface area contributed by atoms with Gasteiger partial charge in [-0.3, -0.25) is 4.79 Å². The lowest BCUT2D eigenvalue weighted by Crippen LogP contribution is -2.62. The summed E-state index contributed by atoms with van der Waals surface area (Å²) in [5.74, 6) is -2.01. The molecule has 9 nitrogen and oxygen atoms in total. The summed E-state index contributed by atoms with van der Waals surface area (Å²) in [5.41, 5.74) is -1.76. The third-order valence-electron chi connectivity index (χ3n) is 3.86. The summed E-state index contributed by atoms with van der Waals surface area (Å²) >= 11 is 1.39. The van der Waals surface area contributed by atoms with E-state index in [2.05, 4.69) is 10.5 Å². The van der Waals surface area contributed by atoms with E-state index in [1.54, 1.807) is 26.8 Å². The van der Waals surface area contributed by atoms with Crippen molar-refractivity contribution in [1.29, 1.82) is 0 Å². The smallest absolute Gasteiger partial charge is 0.344 e. The lowest BCUT2D eigenvalue weighted by Gasteiger charge is -2.29. The molecule has 0 fully saturated rings. The number of carbonyl (C=O) groups excluding carboxylic acids is 3. The van der Waals surface area contributed by atoms with Gasteiger partial charge in [-0.2, -0.15) is 0 Å². The second-order valence-corrected chi connectivity index (χ2v) is 6.86. The number of aromatic nitrogens is 1. The molecule has 0 aliphatic heterocycles. The van der Waals surface area contributed by atoms with Gasteiger partial charge in [0.25, 0.3) is 5.88 Å². The molecular formula is C19H24N2O7S. The van der Waals surface area contributed by atoms with Gasteiger partial charge in [-0.05, 0) is 37.4 Å². The normalized spacial score (nSPS) is 11.0. The van der Waals surface area contributed by atoms with Crippen LogP contribution < -0.4 is 10.1 Å². The van der Waals surface area contributed by atoms with E-state index in [1.807, 2.05) is 11.4 Å². The first-order chi connectivity index (χ1) is 13.9. The van der Waals surface area contributed by atoms with E-state index >= 15 is 0 Å². The topological polar surface area (TPSA) is 117 Å². The van der Waals surface area contributed by atoms with Crippen molar-refractivity contribution in [2.24, 2.45) is 0 Å². The van der Waals surface area contributed by atoms with E-state index in [9.17, 15) is 14.4 Å². The highest BCUT2D eigenvalue weighted by Crippen LogP contribution is 2.36. The van der Waals surface area contributed by atoms with Gasteiger partial charge in [-0.15, -0.1) is 11.3 Å². The standard InChI is InChI=1S/C19H24N2O7S/c1-5-25-16-13(15(28-21-16)14-9-8-10-29-14)11-19(20-12(4)22,17(23)26-6-2)18(24)27-7-3/h8-10H,5-7,11H2,1-4H3,(H,20,22). The molecule has 0 spiro atoms. The van der Waals surface area contributed by atoms with Crippen molar-refractivity contribution >= 4 is 29.2 Å². The van der Waals surface area contributed by atoms with Crippen LogP contribution >= 0.6 is 11.3 Å². The van der Waals surface area contributed by atoms with Crippen LogP contribution in [0.2, 0.25) is 0 Å². The minimum absolute atomic E-state index is 0.0132. The van der Waals surface area contributed by atoms with Crippen molar-refractivity contribution < 1.29 is 33.1 Å². The molecule has 2 aromatic rings. The van der Waals surface area contributed by atoms with Gasteiger partial charge in [0.05, 0.1) is 30.3 Å². The third-order valence-corrected chi connectivity index (χ3v) is 4.73. The summed E-state index contributed by atoms with van der Waals surface area (Å²) in [6, 6.07) is 3.63. The van der Waals surface area contributed by atoms with Crippen LogP contribution in [0.5, 0.6) is 5.88 Å². The second kappa shape index (κ2) is 10.1. The number of ether oxygens (including phenoxy) is 3. The molecule has 0 saturated carbocycles. The number of hydrogen-bond donors (Lipinski definition) is 1. The number of nitrogens with zero attached hydrogens (tertiary/aromatic N) is 1. The average molecular weight is 424 g/mol. The van der Waals surface area contributed by atoms with Crippen LogP contribution in [0.25, 0.3) is 10.6 Å². The fourth-order valence-corrected chi connectivity index (χ4v) is 3.48. The largest absolute Gasteiger partial charge is 0.476 e. The first-order valence-electron chi connectivity index (χ1n) is 9.17. The SMILES string of the molecule is CCOC(=O)C(Cc1c(OCC)noc1-c1cccs1)(NC(C)=O)C(=O)OCC. The lowest BCUT2D eigenvalue weighted by molar-refractivity contribution is -0.168. The maximum absolute atomic E-state index is 12.9. The first-order valence-corrected chi connectivity index (χ1v) is 10.1. The fraction of sp³-hybridized carbons (Fsp3) is 0.474. The maximum Gasteiger partial charge on any atom is 0.344 e. The van der Waals surface area contributed by atoms with Crippen molar-refractivity contribution in [3.05, 3.63) is 23.1 Å². The molecule has 0 radical (unpaired) electrons. The molecule has 0 unspecified atom stereocenters. The second-order valence-electron chi connectivity index (χ2n) is 5.91. The Morgan fingerprint density at radius 2 is 1.79 bits per heavy atom. The van der Waals surface area contributed by atoms with Gasteiger partial charge < -0.3 is 24.1 Å². The molecular weight excluding hydrogens is 400 g/mol. The van der Waals surface area contributed by atoms with Gasteiger partial charge in [0.2, 0.25) is 11.4 Å². The summed E-state index contributed by atoms with van der Waals surface area (Å²) in [5, 5.41) is 8.21. The Hall–Kier alpha value is -2.88. The molecule has 1 N–H and O–H groups in total. The summed E-state index contributed by atoms with van der Waals surface area (Å²) in [7, 11) is 0. The minimum atomic E-state index is -2.11. The maximum atomic E-state index is 12.9. The van der Waals surface area contributed by atoms with Crippen LogP contribution in [0.15, 0.2) is 22.0 Å². The minimum Gasteiger partial charge on any atom is -0.476 e. The summed E-state index contributed by atoms with van der Waals surface area (Å²) < 4.78 is 21.2. The number of hydrogen-bond acceptors (Lipinski definition) is 9. The van der Waals surface area contributed by atoms with Gasteiger partial charge in [-0.25, -0.2) is 9.59 Å². The zero-order valence-corrected chi connectivity index (χ0v) is 17.6. The van der Waals surface area contributed by atoms with Crippen molar-refractivity contribution in [1.82, 2.24) is 10.5 Å². The first kappa shape index (κ1) is 22.4. The van der Waals surface area contributed by atoms with E-state index in [4.69, 9.17) is 18.7 Å². The Morgan fingerprint density at radius 1 is 1.14 bits per heavy atom. The highest BCUT2D eigenvalue weighted by Gasteiger charge is 2.51. The number of amides is 1. The molecule has 158 valence electrons. The van der Waals surface area contributed by atoms with E-state index < -0.39 is 23.4 Å². The average Bonchev–Trinajstić information content (AvgIpc) is 3.31. The van der Waals surface area contributed by atoms with E-state index in [1.165, 1.54) is 18.3 Å². The molecule has 0 aliphatic carbocycles. The molecule has 0 bridgehead atoms. The Morgan fingerprint density at radius 3 is 2.28 bits per heavy atom. The Kier molecular flexibility index (Phi) is 7.77. The number of thiophene rings is 1. The van der Waals surface area contributed by atoms with Crippen LogP contribution in [0, 0.1) is 0 Å². The number of nitrogens with one attached hydrogen (secondary N) is 1. The molecule has 0 aliphatic rings. The van der Waals surface area contributed by atoms with Crippen LogP contribution in [0.3, 0.4) is 0 Å². The molecule has 2 heterocycles. The van der Waals surface area contributed by atoms with Crippen LogP contribution in [-0.2, 0) is 30.3 Å². The van der Waals surface area contributed by atoms with E-state index in [0.717, 1.165) is 4.88 Å². The molecule has 10 heteroatoms. The molecule has 29 heavy (non-hydrogen) atoms. The molecule has 0 atom stereocenters. The highest BCUT2D eigenvalue weighted by molar-refractivity contribution is 7.13. The molecule has 2 rings (SSSR count). The predicted molar refractivity (Wildman–Crippen MR) is 105 cm³/mol. The zero-order valence-electron chi connectivity index (χ0n) is 16.8. The molecule has 0 saturated heterocycles. The number of carbonyl (C=O) groups is 3. The van der Waals surface area contributed by atoms with Crippen molar-refractivity contribution in [3.8, 4) is 16.5 Å². The highest BCUT2D eigenvalue weighted by atomic mass is 32.1. The van der Waals surface area contributed by atoms with Crippen LogP contribution in [0.1, 0.15) is 33.3 Å².